The van der Waals surface area contributed by atoms with Crippen LogP contribution in [0.2, 0.25) is 0 Å². The Labute approximate surface area is 156 Å². The third-order valence-corrected chi connectivity index (χ3v) is 6.89. The molecule has 4 rings (SSSR count). The monoisotopic (exact) mass is 387 g/mol. The van der Waals surface area contributed by atoms with E-state index in [2.05, 4.69) is 9.71 Å². The Balaban J connectivity index is 1.61. The number of rotatable bonds is 2. The van der Waals surface area contributed by atoms with Crippen molar-refractivity contribution in [3.63, 3.8) is 0 Å². The number of hydrogen-bond acceptors (Lipinski definition) is 5. The number of sulfonamides is 1. The fourth-order valence-corrected chi connectivity index (χ4v) is 5.25. The van der Waals surface area contributed by atoms with Gasteiger partial charge in [0.15, 0.2) is 5.17 Å². The van der Waals surface area contributed by atoms with Crippen LogP contribution < -0.4 is 10.2 Å². The summed E-state index contributed by atoms with van der Waals surface area (Å²) < 4.78 is 27.2. The van der Waals surface area contributed by atoms with E-state index in [0.717, 1.165) is 27.4 Å². The van der Waals surface area contributed by atoms with Crippen molar-refractivity contribution in [1.29, 1.82) is 0 Å². The highest BCUT2D eigenvalue weighted by atomic mass is 32.2. The zero-order valence-electron chi connectivity index (χ0n) is 14.3. The van der Waals surface area contributed by atoms with Gasteiger partial charge >= 0.3 is 0 Å². The summed E-state index contributed by atoms with van der Waals surface area (Å²) in [6.45, 7) is 4.36. The van der Waals surface area contributed by atoms with Gasteiger partial charge in [-0.1, -0.05) is 12.1 Å². The molecule has 0 saturated carbocycles. The van der Waals surface area contributed by atoms with Crippen molar-refractivity contribution in [2.75, 3.05) is 22.5 Å². The van der Waals surface area contributed by atoms with Crippen LogP contribution in [0.3, 0.4) is 0 Å². The zero-order valence-corrected chi connectivity index (χ0v) is 15.9. The molecule has 0 spiro atoms. The molecule has 2 aliphatic heterocycles. The Morgan fingerprint density at radius 1 is 1.23 bits per heavy atom. The second-order valence-corrected chi connectivity index (χ2v) is 9.06. The van der Waals surface area contributed by atoms with Crippen LogP contribution in [0.5, 0.6) is 0 Å². The van der Waals surface area contributed by atoms with E-state index < -0.39 is 10.0 Å². The molecule has 6 nitrogen and oxygen atoms in total. The Bertz CT molecular complexity index is 1060. The first kappa shape index (κ1) is 17.1. The van der Waals surface area contributed by atoms with Gasteiger partial charge in [0.05, 0.1) is 11.4 Å². The van der Waals surface area contributed by atoms with Crippen LogP contribution in [0.15, 0.2) is 45.7 Å². The Morgan fingerprint density at radius 2 is 2.04 bits per heavy atom. The Kier molecular flexibility index (Phi) is 4.04. The molecule has 0 aromatic heterocycles. The zero-order chi connectivity index (χ0) is 18.5. The van der Waals surface area contributed by atoms with Crippen molar-refractivity contribution >= 4 is 44.2 Å². The predicted molar refractivity (Wildman–Crippen MR) is 105 cm³/mol. The number of anilines is 2. The Hall–Kier alpha value is -2.32. The van der Waals surface area contributed by atoms with Gasteiger partial charge < -0.3 is 10.2 Å². The summed E-state index contributed by atoms with van der Waals surface area (Å²) in [5, 5.41) is 3.40. The maximum absolute atomic E-state index is 12.6. The average molecular weight is 387 g/mol. The molecular weight excluding hydrogens is 370 g/mol. The highest BCUT2D eigenvalue weighted by Gasteiger charge is 2.33. The summed E-state index contributed by atoms with van der Waals surface area (Å²) in [5.74, 6) is -0.188. The maximum atomic E-state index is 12.6. The van der Waals surface area contributed by atoms with Gasteiger partial charge in [0.1, 0.15) is 0 Å². The topological polar surface area (TPSA) is 78.8 Å². The highest BCUT2D eigenvalue weighted by Crippen LogP contribution is 2.42. The molecule has 2 aliphatic rings. The van der Waals surface area contributed by atoms with Gasteiger partial charge in [0, 0.05) is 22.7 Å². The van der Waals surface area contributed by atoms with Crippen LogP contribution in [-0.2, 0) is 10.0 Å². The summed E-state index contributed by atoms with van der Waals surface area (Å²) in [4.78, 5) is 15.4. The largest absolute Gasteiger partial charge is 0.322 e. The quantitative estimate of drug-likeness (QED) is 0.856. The fourth-order valence-electron chi connectivity index (χ4n) is 2.95. The minimum atomic E-state index is -3.38. The number of aryl methyl sites for hydroxylation is 1. The lowest BCUT2D eigenvalue weighted by Crippen LogP contribution is -2.35. The molecular formula is C18H17N3O3S2. The van der Waals surface area contributed by atoms with E-state index in [9.17, 15) is 13.2 Å². The molecule has 0 bridgehead atoms. The molecule has 134 valence electrons. The van der Waals surface area contributed by atoms with Crippen LogP contribution in [0.4, 0.5) is 11.4 Å². The number of nitrogens with one attached hydrogen (secondary N) is 1. The number of carbonyl (C=O) groups excluding carboxylic acids is 1. The lowest BCUT2D eigenvalue weighted by atomic mass is 10.1. The molecule has 26 heavy (non-hydrogen) atoms. The predicted octanol–water partition coefficient (Wildman–Crippen LogP) is 3.17. The van der Waals surface area contributed by atoms with Crippen LogP contribution in [0, 0.1) is 13.8 Å². The number of hydrogen-bond donors (Lipinski definition) is 1. The molecule has 0 fully saturated rings. The molecule has 8 heteroatoms. The summed E-state index contributed by atoms with van der Waals surface area (Å²) in [5.41, 5.74) is 4.36. The second kappa shape index (κ2) is 6.14. The maximum Gasteiger partial charge on any atom is 0.257 e. The van der Waals surface area contributed by atoms with Crippen molar-refractivity contribution in [2.24, 2.45) is 4.40 Å². The number of amides is 1. The Morgan fingerprint density at radius 3 is 2.85 bits per heavy atom. The van der Waals surface area contributed by atoms with E-state index in [0.29, 0.717) is 17.3 Å². The molecule has 0 atom stereocenters. The minimum absolute atomic E-state index is 0.00533. The summed E-state index contributed by atoms with van der Waals surface area (Å²) in [6.07, 6.45) is 0. The first-order chi connectivity index (χ1) is 12.3. The van der Waals surface area contributed by atoms with Gasteiger partial charge in [-0.3, -0.25) is 4.79 Å². The van der Waals surface area contributed by atoms with Crippen LogP contribution in [0.25, 0.3) is 0 Å². The summed E-state index contributed by atoms with van der Waals surface area (Å²) >= 11 is 1.28. The third-order valence-electron chi connectivity index (χ3n) is 4.59. The van der Waals surface area contributed by atoms with Crippen molar-refractivity contribution < 1.29 is 13.2 Å². The van der Waals surface area contributed by atoms with E-state index >= 15 is 0 Å². The van der Waals surface area contributed by atoms with E-state index in [1.807, 2.05) is 43.0 Å². The van der Waals surface area contributed by atoms with Crippen LogP contribution in [-0.4, -0.2) is 31.8 Å². The van der Waals surface area contributed by atoms with Gasteiger partial charge in [-0.15, -0.1) is 4.40 Å². The lowest BCUT2D eigenvalue weighted by molar-refractivity contribution is 0.102. The number of nitrogens with zero attached hydrogens (tertiary/aromatic N) is 2. The highest BCUT2D eigenvalue weighted by molar-refractivity contribution is 8.15. The van der Waals surface area contributed by atoms with Crippen molar-refractivity contribution in [1.82, 2.24) is 0 Å². The second-order valence-electron chi connectivity index (χ2n) is 6.30. The van der Waals surface area contributed by atoms with Crippen molar-refractivity contribution in [3.8, 4) is 0 Å². The number of fused-ring (bicyclic) bond motifs is 3. The standard InChI is InChI=1S/C18H17N3O3S2/c1-11-4-3-5-14(12(11)2)19-17(22)13-6-7-15-16(10-13)25-18-20-26(23,24)9-8-21(15)18/h3-7,10H,8-9H2,1-2H3,(H,19,22). The van der Waals surface area contributed by atoms with Gasteiger partial charge in [-0.25, -0.2) is 8.42 Å². The van der Waals surface area contributed by atoms with E-state index in [1.165, 1.54) is 11.8 Å². The molecule has 0 saturated heterocycles. The first-order valence-corrected chi connectivity index (χ1v) is 10.6. The van der Waals surface area contributed by atoms with E-state index in [-0.39, 0.29) is 11.7 Å². The molecule has 0 aliphatic carbocycles. The number of benzene rings is 2. The summed E-state index contributed by atoms with van der Waals surface area (Å²) in [7, 11) is -3.38. The molecule has 1 amide bonds. The molecule has 0 radical (unpaired) electrons. The van der Waals surface area contributed by atoms with Gasteiger partial charge in [0.2, 0.25) is 0 Å². The summed E-state index contributed by atoms with van der Waals surface area (Å²) in [6, 6.07) is 11.2. The van der Waals surface area contributed by atoms with E-state index in [4.69, 9.17) is 0 Å². The van der Waals surface area contributed by atoms with Crippen LogP contribution >= 0.6 is 11.8 Å². The number of carbonyl (C=O) groups is 1. The minimum Gasteiger partial charge on any atom is -0.322 e. The van der Waals surface area contributed by atoms with Gasteiger partial charge in [-0.2, -0.15) is 0 Å². The molecule has 1 N–H and O–H groups in total. The smallest absolute Gasteiger partial charge is 0.257 e. The normalized spacial score (nSPS) is 17.3. The number of amidine groups is 1. The lowest BCUT2D eigenvalue weighted by Gasteiger charge is -2.22. The molecule has 0 unspecified atom stereocenters. The van der Waals surface area contributed by atoms with E-state index in [1.54, 1.807) is 12.1 Å². The first-order valence-electron chi connectivity index (χ1n) is 8.14. The SMILES string of the molecule is Cc1cccc(NC(=O)c2ccc3c(c2)SC2=NS(=O)(=O)CCN23)c1C. The van der Waals surface area contributed by atoms with Gasteiger partial charge in [0.25, 0.3) is 15.9 Å². The van der Waals surface area contributed by atoms with Crippen molar-refractivity contribution in [2.45, 2.75) is 18.7 Å². The molecule has 2 aromatic carbocycles. The fraction of sp³-hybridized carbons (Fsp3) is 0.222. The molecule has 2 aromatic rings. The third kappa shape index (κ3) is 2.99. The number of thioether (sulfide) groups is 1. The van der Waals surface area contributed by atoms with Crippen LogP contribution in [0.1, 0.15) is 21.5 Å². The van der Waals surface area contributed by atoms with Gasteiger partial charge in [-0.05, 0) is 61.0 Å². The molecule has 2 heterocycles. The van der Waals surface area contributed by atoms with Crippen molar-refractivity contribution in [3.05, 3.63) is 53.1 Å². The average Bonchev–Trinajstić information content (AvgIpc) is 2.93.